The molecular weight excluding hydrogens is 196 g/mol. The van der Waals surface area contributed by atoms with E-state index in [1.165, 1.54) is 17.7 Å². The predicted molar refractivity (Wildman–Crippen MR) is 72.2 cm³/mol. The molecule has 16 heavy (non-hydrogen) atoms. The Labute approximate surface area is 99.7 Å². The topological polar surface area (TPSA) is 15.3 Å². The standard InChI is InChI=1S/C14H24N2/c1-5-13(15-4)11-16(6-2)14-9-7-12(3)8-10-14/h7-10,13,15H,5-6,11H2,1-4H3. The Hall–Kier alpha value is -1.02. The molecule has 1 rings (SSSR count). The van der Waals surface area contributed by atoms with Gasteiger partial charge in [0.05, 0.1) is 0 Å². The maximum absolute atomic E-state index is 3.36. The summed E-state index contributed by atoms with van der Waals surface area (Å²) in [6.45, 7) is 8.70. The lowest BCUT2D eigenvalue weighted by Crippen LogP contribution is -2.39. The summed E-state index contributed by atoms with van der Waals surface area (Å²) in [5.74, 6) is 0. The molecule has 0 saturated carbocycles. The second kappa shape index (κ2) is 6.54. The fraction of sp³-hybridized carbons (Fsp3) is 0.571. The van der Waals surface area contributed by atoms with Crippen molar-refractivity contribution in [3.8, 4) is 0 Å². The number of nitrogens with one attached hydrogen (secondary N) is 1. The molecule has 0 heterocycles. The number of anilines is 1. The zero-order valence-corrected chi connectivity index (χ0v) is 11.0. The third kappa shape index (κ3) is 3.53. The van der Waals surface area contributed by atoms with Crippen LogP contribution in [-0.4, -0.2) is 26.2 Å². The van der Waals surface area contributed by atoms with E-state index in [0.29, 0.717) is 6.04 Å². The van der Waals surface area contributed by atoms with Crippen LogP contribution in [0, 0.1) is 6.92 Å². The van der Waals surface area contributed by atoms with Gasteiger partial charge in [0, 0.05) is 24.8 Å². The molecule has 0 saturated heterocycles. The van der Waals surface area contributed by atoms with Crippen molar-refractivity contribution < 1.29 is 0 Å². The van der Waals surface area contributed by atoms with Crippen molar-refractivity contribution in [3.05, 3.63) is 29.8 Å². The first-order chi connectivity index (χ1) is 7.71. The smallest absolute Gasteiger partial charge is 0.0366 e. The van der Waals surface area contributed by atoms with Crippen LogP contribution < -0.4 is 10.2 Å². The molecule has 0 fully saturated rings. The van der Waals surface area contributed by atoms with Gasteiger partial charge in [0.1, 0.15) is 0 Å². The lowest BCUT2D eigenvalue weighted by Gasteiger charge is -2.27. The van der Waals surface area contributed by atoms with Gasteiger partial charge in [-0.25, -0.2) is 0 Å². The zero-order chi connectivity index (χ0) is 12.0. The third-order valence-electron chi connectivity index (χ3n) is 3.12. The molecule has 1 aromatic rings. The summed E-state index contributed by atoms with van der Waals surface area (Å²) in [5.41, 5.74) is 2.64. The van der Waals surface area contributed by atoms with Crippen LogP contribution in [0.2, 0.25) is 0 Å². The molecule has 1 N–H and O–H groups in total. The summed E-state index contributed by atoms with van der Waals surface area (Å²) in [6.07, 6.45) is 1.17. The predicted octanol–water partition coefficient (Wildman–Crippen LogP) is 2.82. The van der Waals surface area contributed by atoms with Crippen molar-refractivity contribution in [1.82, 2.24) is 5.32 Å². The molecule has 0 radical (unpaired) electrons. The highest BCUT2D eigenvalue weighted by Crippen LogP contribution is 2.15. The molecule has 90 valence electrons. The summed E-state index contributed by atoms with van der Waals surface area (Å²) in [6, 6.07) is 9.35. The SMILES string of the molecule is CCC(CN(CC)c1ccc(C)cc1)NC. The highest BCUT2D eigenvalue weighted by atomic mass is 15.1. The average Bonchev–Trinajstić information content (AvgIpc) is 2.32. The van der Waals surface area contributed by atoms with Gasteiger partial charge in [-0.05, 0) is 39.4 Å². The molecule has 1 atom stereocenters. The number of hydrogen-bond acceptors (Lipinski definition) is 2. The van der Waals surface area contributed by atoms with Crippen LogP contribution >= 0.6 is 0 Å². The molecule has 0 aliphatic rings. The Kier molecular flexibility index (Phi) is 5.33. The van der Waals surface area contributed by atoms with Crippen LogP contribution in [0.3, 0.4) is 0 Å². The number of benzene rings is 1. The van der Waals surface area contributed by atoms with Gasteiger partial charge in [0.2, 0.25) is 0 Å². The fourth-order valence-electron chi connectivity index (χ4n) is 1.86. The molecule has 0 aliphatic heterocycles. The first-order valence-electron chi connectivity index (χ1n) is 6.20. The number of hydrogen-bond donors (Lipinski definition) is 1. The third-order valence-corrected chi connectivity index (χ3v) is 3.12. The maximum Gasteiger partial charge on any atom is 0.0366 e. The van der Waals surface area contributed by atoms with Crippen molar-refractivity contribution in [2.75, 3.05) is 25.0 Å². The van der Waals surface area contributed by atoms with Gasteiger partial charge in [0.15, 0.2) is 0 Å². The molecule has 1 unspecified atom stereocenters. The molecule has 0 aromatic heterocycles. The van der Waals surface area contributed by atoms with Crippen LogP contribution in [0.25, 0.3) is 0 Å². The zero-order valence-electron chi connectivity index (χ0n) is 11.0. The molecule has 0 spiro atoms. The fourth-order valence-corrected chi connectivity index (χ4v) is 1.86. The van der Waals surface area contributed by atoms with Crippen LogP contribution in [0.4, 0.5) is 5.69 Å². The summed E-state index contributed by atoms with van der Waals surface area (Å²) in [5, 5.41) is 3.36. The minimum absolute atomic E-state index is 0.571. The first-order valence-corrected chi connectivity index (χ1v) is 6.20. The van der Waals surface area contributed by atoms with Crippen molar-refractivity contribution >= 4 is 5.69 Å². The van der Waals surface area contributed by atoms with Gasteiger partial charge in [-0.3, -0.25) is 0 Å². The van der Waals surface area contributed by atoms with E-state index in [1.54, 1.807) is 0 Å². The van der Waals surface area contributed by atoms with Crippen molar-refractivity contribution in [1.29, 1.82) is 0 Å². The van der Waals surface area contributed by atoms with E-state index in [9.17, 15) is 0 Å². The number of aryl methyl sites for hydroxylation is 1. The van der Waals surface area contributed by atoms with Gasteiger partial charge in [0.25, 0.3) is 0 Å². The van der Waals surface area contributed by atoms with Crippen LogP contribution in [0.5, 0.6) is 0 Å². The largest absolute Gasteiger partial charge is 0.370 e. The summed E-state index contributed by atoms with van der Waals surface area (Å²) in [7, 11) is 2.04. The molecule has 0 bridgehead atoms. The highest BCUT2D eigenvalue weighted by molar-refractivity contribution is 5.47. The van der Waals surface area contributed by atoms with Gasteiger partial charge in [-0.2, -0.15) is 0 Å². The van der Waals surface area contributed by atoms with Gasteiger partial charge < -0.3 is 10.2 Å². The van der Waals surface area contributed by atoms with E-state index < -0.39 is 0 Å². The maximum atomic E-state index is 3.36. The van der Waals surface area contributed by atoms with E-state index in [-0.39, 0.29) is 0 Å². The Bertz CT molecular complexity index is 288. The molecule has 2 heteroatoms. The average molecular weight is 220 g/mol. The second-order valence-corrected chi connectivity index (χ2v) is 4.27. The normalized spacial score (nSPS) is 12.5. The van der Waals surface area contributed by atoms with Crippen LogP contribution in [0.15, 0.2) is 24.3 Å². The Balaban J connectivity index is 2.70. The number of nitrogens with zero attached hydrogens (tertiary/aromatic N) is 1. The summed E-state index contributed by atoms with van der Waals surface area (Å²) in [4.78, 5) is 2.42. The Morgan fingerprint density at radius 3 is 2.25 bits per heavy atom. The van der Waals surface area contributed by atoms with E-state index >= 15 is 0 Å². The molecule has 0 amide bonds. The van der Waals surface area contributed by atoms with E-state index in [2.05, 4.69) is 55.3 Å². The van der Waals surface area contributed by atoms with Gasteiger partial charge in [-0.1, -0.05) is 24.6 Å². The number of rotatable bonds is 6. The highest BCUT2D eigenvalue weighted by Gasteiger charge is 2.09. The second-order valence-electron chi connectivity index (χ2n) is 4.27. The Morgan fingerprint density at radius 1 is 1.19 bits per heavy atom. The van der Waals surface area contributed by atoms with Crippen LogP contribution in [-0.2, 0) is 0 Å². The number of likely N-dealkylation sites (N-methyl/N-ethyl adjacent to an activating group) is 2. The molecule has 2 nitrogen and oxygen atoms in total. The van der Waals surface area contributed by atoms with E-state index in [0.717, 1.165) is 13.1 Å². The Morgan fingerprint density at radius 2 is 1.81 bits per heavy atom. The minimum Gasteiger partial charge on any atom is -0.370 e. The lowest BCUT2D eigenvalue weighted by atomic mass is 10.1. The van der Waals surface area contributed by atoms with Crippen molar-refractivity contribution in [2.24, 2.45) is 0 Å². The first kappa shape index (κ1) is 13.0. The van der Waals surface area contributed by atoms with Crippen LogP contribution in [0.1, 0.15) is 25.8 Å². The summed E-state index contributed by atoms with van der Waals surface area (Å²) < 4.78 is 0. The van der Waals surface area contributed by atoms with Crippen molar-refractivity contribution in [3.63, 3.8) is 0 Å². The quantitative estimate of drug-likeness (QED) is 0.793. The van der Waals surface area contributed by atoms with E-state index in [1.807, 2.05) is 7.05 Å². The molecule has 0 aliphatic carbocycles. The van der Waals surface area contributed by atoms with Gasteiger partial charge >= 0.3 is 0 Å². The van der Waals surface area contributed by atoms with E-state index in [4.69, 9.17) is 0 Å². The monoisotopic (exact) mass is 220 g/mol. The molecular formula is C14H24N2. The summed E-state index contributed by atoms with van der Waals surface area (Å²) >= 11 is 0. The minimum atomic E-state index is 0.571. The molecule has 1 aromatic carbocycles. The van der Waals surface area contributed by atoms with Crippen molar-refractivity contribution in [2.45, 2.75) is 33.2 Å². The lowest BCUT2D eigenvalue weighted by molar-refractivity contribution is 0.535. The van der Waals surface area contributed by atoms with Gasteiger partial charge in [-0.15, -0.1) is 0 Å².